The van der Waals surface area contributed by atoms with E-state index in [0.717, 1.165) is 12.1 Å². The van der Waals surface area contributed by atoms with Crippen molar-refractivity contribution in [3.63, 3.8) is 0 Å². The van der Waals surface area contributed by atoms with Gasteiger partial charge in [0.25, 0.3) is 0 Å². The average molecular weight is 253 g/mol. The van der Waals surface area contributed by atoms with Crippen LogP contribution in [-0.4, -0.2) is 24.1 Å². The van der Waals surface area contributed by atoms with Gasteiger partial charge in [-0.3, -0.25) is 4.79 Å². The van der Waals surface area contributed by atoms with Crippen molar-refractivity contribution < 1.29 is 23.8 Å². The van der Waals surface area contributed by atoms with Gasteiger partial charge < -0.3 is 15.2 Å². The number of carboxylic acid groups (broad SMARTS) is 1. The predicted octanol–water partition coefficient (Wildman–Crippen LogP) is 1.40. The number of carbonyl (C=O) groups is 2. The number of ether oxygens (including phenoxy) is 1. The Labute approximate surface area is 103 Å². The molecule has 0 atom stereocenters. The number of nitrogens with one attached hydrogen (secondary N) is 1. The molecule has 0 fully saturated rings. The zero-order chi connectivity index (χ0) is 13.7. The lowest BCUT2D eigenvalue weighted by Gasteiger charge is -2.05. The second-order valence-electron chi connectivity index (χ2n) is 3.43. The van der Waals surface area contributed by atoms with Crippen molar-refractivity contribution in [2.45, 2.75) is 6.92 Å². The third kappa shape index (κ3) is 3.58. The number of hydrogen-bond acceptors (Lipinski definition) is 3. The molecule has 2 N–H and O–H groups in total. The van der Waals surface area contributed by atoms with Crippen LogP contribution in [0.1, 0.15) is 12.5 Å². The molecular formula is C12H12FNO4. The fourth-order valence-corrected chi connectivity index (χ4v) is 1.25. The largest absolute Gasteiger partial charge is 0.497 e. The molecule has 5 nitrogen and oxygen atoms in total. The van der Waals surface area contributed by atoms with E-state index in [1.807, 2.05) is 0 Å². The summed E-state index contributed by atoms with van der Waals surface area (Å²) in [6.07, 6.45) is 1.04. The summed E-state index contributed by atoms with van der Waals surface area (Å²) in [4.78, 5) is 21.6. The molecule has 0 aliphatic carbocycles. The number of methoxy groups -OCH3 is 1. The highest BCUT2D eigenvalue weighted by Gasteiger charge is 2.11. The molecule has 0 unspecified atom stereocenters. The van der Waals surface area contributed by atoms with Gasteiger partial charge in [-0.15, -0.1) is 0 Å². The molecule has 0 spiro atoms. The van der Waals surface area contributed by atoms with Gasteiger partial charge in [0.15, 0.2) is 0 Å². The number of hydrogen-bond donors (Lipinski definition) is 2. The van der Waals surface area contributed by atoms with Gasteiger partial charge in [-0.25, -0.2) is 9.18 Å². The number of carbonyl (C=O) groups excluding carboxylic acids is 1. The molecule has 1 aromatic carbocycles. The minimum atomic E-state index is -1.35. The van der Waals surface area contributed by atoms with Crippen LogP contribution in [-0.2, 0) is 9.59 Å². The zero-order valence-electron chi connectivity index (χ0n) is 9.86. The SMILES string of the molecule is COc1ccc(/C=C(/NC(C)=O)C(=O)O)c(F)c1. The van der Waals surface area contributed by atoms with E-state index in [9.17, 15) is 14.0 Å². The Hall–Kier alpha value is -2.37. The standard InChI is InChI=1S/C12H12FNO4/c1-7(15)14-11(12(16)17)5-8-3-4-9(18-2)6-10(8)13/h3-6H,1-2H3,(H,14,15)(H,16,17)/b11-5+. The monoisotopic (exact) mass is 253 g/mol. The van der Waals surface area contributed by atoms with Crippen LogP contribution < -0.4 is 10.1 Å². The molecule has 96 valence electrons. The molecule has 1 rings (SSSR count). The van der Waals surface area contributed by atoms with Crippen molar-refractivity contribution in [1.29, 1.82) is 0 Å². The summed E-state index contributed by atoms with van der Waals surface area (Å²) in [5.74, 6) is -2.21. The molecule has 0 radical (unpaired) electrons. The van der Waals surface area contributed by atoms with Gasteiger partial charge in [-0.05, 0) is 18.2 Å². The maximum absolute atomic E-state index is 13.6. The van der Waals surface area contributed by atoms with Crippen LogP contribution in [0.2, 0.25) is 0 Å². The summed E-state index contributed by atoms with van der Waals surface area (Å²) >= 11 is 0. The maximum atomic E-state index is 13.6. The molecule has 0 bridgehead atoms. The zero-order valence-corrected chi connectivity index (χ0v) is 9.86. The number of halogens is 1. The molecule has 0 aliphatic heterocycles. The number of carboxylic acids is 1. The molecule has 18 heavy (non-hydrogen) atoms. The number of aliphatic carboxylic acids is 1. The van der Waals surface area contributed by atoms with E-state index in [2.05, 4.69) is 5.32 Å². The number of rotatable bonds is 4. The molecule has 1 aromatic rings. The van der Waals surface area contributed by atoms with Crippen molar-refractivity contribution in [2.24, 2.45) is 0 Å². The summed E-state index contributed by atoms with van der Waals surface area (Å²) in [6.45, 7) is 1.17. The summed E-state index contributed by atoms with van der Waals surface area (Å²) in [7, 11) is 1.39. The minimum absolute atomic E-state index is 0.0435. The van der Waals surface area contributed by atoms with Crippen molar-refractivity contribution in [2.75, 3.05) is 7.11 Å². The highest BCUT2D eigenvalue weighted by Crippen LogP contribution is 2.18. The predicted molar refractivity (Wildman–Crippen MR) is 62.4 cm³/mol. The Balaban J connectivity index is 3.11. The Morgan fingerprint density at radius 3 is 2.56 bits per heavy atom. The number of benzene rings is 1. The normalized spacial score (nSPS) is 10.9. The summed E-state index contributed by atoms with van der Waals surface area (Å²) in [5.41, 5.74) is -0.353. The summed E-state index contributed by atoms with van der Waals surface area (Å²) in [6, 6.07) is 3.97. The van der Waals surface area contributed by atoms with E-state index in [1.54, 1.807) is 0 Å². The van der Waals surface area contributed by atoms with Crippen LogP contribution in [0.3, 0.4) is 0 Å². The highest BCUT2D eigenvalue weighted by atomic mass is 19.1. The first-order valence-corrected chi connectivity index (χ1v) is 5.00. The van der Waals surface area contributed by atoms with E-state index in [4.69, 9.17) is 9.84 Å². The average Bonchev–Trinajstić information content (AvgIpc) is 2.29. The first-order valence-electron chi connectivity index (χ1n) is 5.00. The maximum Gasteiger partial charge on any atom is 0.352 e. The fourth-order valence-electron chi connectivity index (χ4n) is 1.25. The molecule has 0 aromatic heterocycles. The second-order valence-corrected chi connectivity index (χ2v) is 3.43. The molecule has 0 heterocycles. The van der Waals surface area contributed by atoms with Crippen molar-refractivity contribution in [1.82, 2.24) is 5.32 Å². The topological polar surface area (TPSA) is 75.6 Å². The second kappa shape index (κ2) is 5.81. The highest BCUT2D eigenvalue weighted by molar-refractivity contribution is 5.96. The lowest BCUT2D eigenvalue weighted by molar-refractivity contribution is -0.134. The van der Waals surface area contributed by atoms with Gasteiger partial charge >= 0.3 is 5.97 Å². The van der Waals surface area contributed by atoms with Crippen LogP contribution in [0, 0.1) is 5.82 Å². The van der Waals surface area contributed by atoms with E-state index in [-0.39, 0.29) is 5.56 Å². The quantitative estimate of drug-likeness (QED) is 0.795. The van der Waals surface area contributed by atoms with Gasteiger partial charge in [0.1, 0.15) is 17.3 Å². The van der Waals surface area contributed by atoms with Crippen molar-refractivity contribution in [3.8, 4) is 5.75 Å². The first-order chi connectivity index (χ1) is 8.43. The fraction of sp³-hybridized carbons (Fsp3) is 0.167. The Kier molecular flexibility index (Phi) is 4.42. The lowest BCUT2D eigenvalue weighted by Crippen LogP contribution is -2.24. The van der Waals surface area contributed by atoms with Crippen molar-refractivity contribution >= 4 is 18.0 Å². The van der Waals surface area contributed by atoms with Crippen LogP contribution in [0.15, 0.2) is 23.9 Å². The molecule has 0 saturated heterocycles. The molecule has 0 saturated carbocycles. The van der Waals surface area contributed by atoms with E-state index < -0.39 is 23.4 Å². The van der Waals surface area contributed by atoms with Gasteiger partial charge in [-0.1, -0.05) is 0 Å². The Morgan fingerprint density at radius 1 is 1.44 bits per heavy atom. The lowest BCUT2D eigenvalue weighted by atomic mass is 10.1. The molecular weight excluding hydrogens is 241 g/mol. The van der Waals surface area contributed by atoms with Gasteiger partial charge in [0.05, 0.1) is 7.11 Å². The first kappa shape index (κ1) is 13.7. The molecule has 0 aliphatic rings. The molecule has 1 amide bonds. The van der Waals surface area contributed by atoms with Crippen molar-refractivity contribution in [3.05, 3.63) is 35.3 Å². The number of amides is 1. The third-order valence-corrected chi connectivity index (χ3v) is 2.05. The summed E-state index contributed by atoms with van der Waals surface area (Å²) < 4.78 is 18.4. The minimum Gasteiger partial charge on any atom is -0.497 e. The third-order valence-electron chi connectivity index (χ3n) is 2.05. The Morgan fingerprint density at radius 2 is 2.11 bits per heavy atom. The van der Waals surface area contributed by atoms with Gasteiger partial charge in [0, 0.05) is 18.6 Å². The van der Waals surface area contributed by atoms with Crippen LogP contribution in [0.25, 0.3) is 6.08 Å². The Bertz CT molecular complexity index is 511. The molecule has 6 heteroatoms. The van der Waals surface area contributed by atoms with Gasteiger partial charge in [-0.2, -0.15) is 0 Å². The smallest absolute Gasteiger partial charge is 0.352 e. The summed E-state index contributed by atoms with van der Waals surface area (Å²) in [5, 5.41) is 11.0. The van der Waals surface area contributed by atoms with Crippen LogP contribution in [0.4, 0.5) is 4.39 Å². The van der Waals surface area contributed by atoms with Crippen LogP contribution in [0.5, 0.6) is 5.75 Å². The van der Waals surface area contributed by atoms with Gasteiger partial charge in [0.2, 0.25) is 5.91 Å². The van der Waals surface area contributed by atoms with Crippen LogP contribution >= 0.6 is 0 Å². The van der Waals surface area contributed by atoms with E-state index in [0.29, 0.717) is 5.75 Å². The van der Waals surface area contributed by atoms with E-state index in [1.165, 1.54) is 26.2 Å². The van der Waals surface area contributed by atoms with E-state index >= 15 is 0 Å².